The molecule has 1 aromatic rings. The zero-order valence-electron chi connectivity index (χ0n) is 16.7. The van der Waals surface area contributed by atoms with Gasteiger partial charge in [0.15, 0.2) is 6.29 Å². The van der Waals surface area contributed by atoms with Gasteiger partial charge in [0.2, 0.25) is 0 Å². The van der Waals surface area contributed by atoms with Gasteiger partial charge < -0.3 is 24.1 Å². The van der Waals surface area contributed by atoms with Gasteiger partial charge in [0.05, 0.1) is 18.8 Å². The molecule has 1 saturated carbocycles. The molecule has 3 aliphatic rings. The van der Waals surface area contributed by atoms with E-state index in [0.717, 1.165) is 62.0 Å². The van der Waals surface area contributed by atoms with Crippen molar-refractivity contribution >= 4 is 5.97 Å². The van der Waals surface area contributed by atoms with Crippen molar-refractivity contribution in [3.8, 4) is 5.75 Å². The van der Waals surface area contributed by atoms with E-state index in [-0.39, 0.29) is 42.9 Å². The van der Waals surface area contributed by atoms with E-state index in [0.29, 0.717) is 5.56 Å². The Bertz CT molecular complexity index is 711. The molecule has 1 unspecified atom stereocenters. The van der Waals surface area contributed by atoms with E-state index in [2.05, 4.69) is 0 Å². The predicted molar refractivity (Wildman–Crippen MR) is 102 cm³/mol. The summed E-state index contributed by atoms with van der Waals surface area (Å²) < 4.78 is 23.4. The van der Waals surface area contributed by atoms with Gasteiger partial charge in [-0.2, -0.15) is 0 Å². The average molecular weight is 390 g/mol. The Balaban J connectivity index is 1.55. The molecule has 2 heterocycles. The predicted octanol–water partition coefficient (Wildman–Crippen LogP) is 3.02. The van der Waals surface area contributed by atoms with Crippen molar-refractivity contribution in [3.63, 3.8) is 0 Å². The number of ether oxygens (including phenoxy) is 4. The van der Waals surface area contributed by atoms with Crippen LogP contribution < -0.4 is 4.74 Å². The second-order valence-electron chi connectivity index (χ2n) is 8.13. The van der Waals surface area contributed by atoms with Gasteiger partial charge in [0.25, 0.3) is 0 Å². The Kier molecular flexibility index (Phi) is 5.90. The van der Waals surface area contributed by atoms with Crippen molar-refractivity contribution in [2.75, 3.05) is 20.3 Å². The normalized spacial score (nSPS) is 32.0. The highest BCUT2D eigenvalue weighted by Crippen LogP contribution is 2.44. The highest BCUT2D eigenvalue weighted by atomic mass is 16.7. The molecule has 0 radical (unpaired) electrons. The lowest BCUT2D eigenvalue weighted by Crippen LogP contribution is -2.33. The van der Waals surface area contributed by atoms with E-state index in [9.17, 15) is 9.90 Å². The number of aryl methyl sites for hydroxylation is 1. The van der Waals surface area contributed by atoms with Crippen LogP contribution in [0.15, 0.2) is 12.1 Å². The molecule has 6 heteroatoms. The van der Waals surface area contributed by atoms with Gasteiger partial charge >= 0.3 is 5.97 Å². The number of fused-ring (bicyclic) bond motifs is 2. The number of aliphatic hydroxyl groups excluding tert-OH is 1. The smallest absolute Gasteiger partial charge is 0.338 e. The molecule has 0 bridgehead atoms. The molecule has 0 spiro atoms. The fourth-order valence-corrected chi connectivity index (χ4v) is 5.00. The molecule has 1 aliphatic carbocycles. The molecule has 5 atom stereocenters. The zero-order valence-corrected chi connectivity index (χ0v) is 16.7. The Morgan fingerprint density at radius 1 is 1.29 bits per heavy atom. The largest absolute Gasteiger partial charge is 0.489 e. The number of rotatable bonds is 4. The summed E-state index contributed by atoms with van der Waals surface area (Å²) in [4.78, 5) is 12.1. The van der Waals surface area contributed by atoms with Crippen LogP contribution in [0.1, 0.15) is 53.6 Å². The number of methoxy groups -OCH3 is 1. The summed E-state index contributed by atoms with van der Waals surface area (Å²) in [7, 11) is 1.39. The quantitative estimate of drug-likeness (QED) is 0.797. The number of benzene rings is 1. The third-order valence-corrected chi connectivity index (χ3v) is 6.55. The maximum atomic E-state index is 12.1. The summed E-state index contributed by atoms with van der Waals surface area (Å²) in [5.41, 5.74) is 2.48. The molecule has 2 fully saturated rings. The summed E-state index contributed by atoms with van der Waals surface area (Å²) in [6, 6.07) is 3.79. The lowest BCUT2D eigenvalue weighted by Gasteiger charge is -2.29. The molecule has 1 aromatic carbocycles. The molecule has 28 heavy (non-hydrogen) atoms. The Morgan fingerprint density at radius 2 is 2.14 bits per heavy atom. The second kappa shape index (κ2) is 8.39. The van der Waals surface area contributed by atoms with Crippen molar-refractivity contribution in [3.05, 3.63) is 28.8 Å². The first kappa shape index (κ1) is 19.7. The zero-order chi connectivity index (χ0) is 19.7. The summed E-state index contributed by atoms with van der Waals surface area (Å²) in [5, 5.41) is 10.1. The monoisotopic (exact) mass is 390 g/mol. The number of hydrogen-bond donors (Lipinski definition) is 1. The highest BCUT2D eigenvalue weighted by Gasteiger charge is 2.47. The number of carbonyl (C=O) groups is 1. The van der Waals surface area contributed by atoms with Crippen LogP contribution in [0, 0.1) is 18.8 Å². The summed E-state index contributed by atoms with van der Waals surface area (Å²) in [5.74, 6) is 0.721. The molecular weight excluding hydrogens is 360 g/mol. The van der Waals surface area contributed by atoms with Crippen LogP contribution in [0.4, 0.5) is 0 Å². The van der Waals surface area contributed by atoms with Gasteiger partial charge in [-0.1, -0.05) is 6.07 Å². The highest BCUT2D eigenvalue weighted by molar-refractivity contribution is 5.92. The van der Waals surface area contributed by atoms with Crippen LogP contribution >= 0.6 is 0 Å². The van der Waals surface area contributed by atoms with Crippen molar-refractivity contribution in [2.45, 2.75) is 63.9 Å². The van der Waals surface area contributed by atoms with Gasteiger partial charge in [0.1, 0.15) is 11.9 Å². The average Bonchev–Trinajstić information content (AvgIpc) is 2.92. The first-order valence-corrected chi connectivity index (χ1v) is 10.4. The number of hydrogen-bond acceptors (Lipinski definition) is 6. The van der Waals surface area contributed by atoms with E-state index in [1.807, 2.05) is 19.1 Å². The minimum Gasteiger partial charge on any atom is -0.489 e. The number of aliphatic hydroxyl groups is 1. The number of carbonyl (C=O) groups excluding carboxylic acids is 1. The lowest BCUT2D eigenvalue weighted by molar-refractivity contribution is -0.198. The van der Waals surface area contributed by atoms with Gasteiger partial charge in [-0.15, -0.1) is 0 Å². The minimum atomic E-state index is -0.347. The molecule has 1 saturated heterocycles. The first-order chi connectivity index (χ1) is 13.6. The first-order valence-electron chi connectivity index (χ1n) is 10.4. The third kappa shape index (κ3) is 3.65. The van der Waals surface area contributed by atoms with E-state index in [4.69, 9.17) is 18.9 Å². The van der Waals surface area contributed by atoms with Crippen LogP contribution in [0.5, 0.6) is 5.75 Å². The van der Waals surface area contributed by atoms with Gasteiger partial charge in [-0.3, -0.25) is 0 Å². The van der Waals surface area contributed by atoms with Crippen molar-refractivity contribution in [1.29, 1.82) is 0 Å². The standard InChI is InChI=1S/C22H30O6/c1-13-15(22(24)25-2)8-6-14-7-9-16-17(12-23)19(11-18(16)28-21(13)14)27-20-5-3-4-10-26-20/h6,8,16-20,23H,3-5,7,9-12H2,1-2H3/t16-,17-,18+,19-,20?/m1/s1. The third-order valence-electron chi connectivity index (χ3n) is 6.55. The van der Waals surface area contributed by atoms with Crippen LogP contribution in [0.3, 0.4) is 0 Å². The van der Waals surface area contributed by atoms with E-state index in [1.54, 1.807) is 0 Å². The van der Waals surface area contributed by atoms with Crippen molar-refractivity contribution in [2.24, 2.45) is 11.8 Å². The molecule has 154 valence electrons. The van der Waals surface area contributed by atoms with Gasteiger partial charge in [-0.05, 0) is 50.7 Å². The van der Waals surface area contributed by atoms with Crippen LogP contribution in [-0.2, 0) is 20.6 Å². The molecule has 0 amide bonds. The lowest BCUT2D eigenvalue weighted by atomic mass is 9.89. The fraction of sp³-hybridized carbons (Fsp3) is 0.682. The Labute approximate surface area is 166 Å². The molecule has 1 N–H and O–H groups in total. The minimum absolute atomic E-state index is 0.0291. The van der Waals surface area contributed by atoms with E-state index >= 15 is 0 Å². The molecular formula is C22H30O6. The second-order valence-corrected chi connectivity index (χ2v) is 8.13. The Morgan fingerprint density at radius 3 is 2.86 bits per heavy atom. The van der Waals surface area contributed by atoms with Crippen molar-refractivity contribution < 1.29 is 28.8 Å². The molecule has 4 rings (SSSR count). The van der Waals surface area contributed by atoms with Gasteiger partial charge in [0, 0.05) is 37.0 Å². The summed E-state index contributed by atoms with van der Waals surface area (Å²) >= 11 is 0. The van der Waals surface area contributed by atoms with E-state index < -0.39 is 0 Å². The summed E-state index contributed by atoms with van der Waals surface area (Å²) in [6.07, 6.45) is 5.39. The SMILES string of the molecule is COC(=O)c1ccc2c(c1C)O[C@H]1C[C@@H](OC3CCCCO3)[C@H](CO)[C@H]1CC2. The topological polar surface area (TPSA) is 74.2 Å². The molecule has 2 aliphatic heterocycles. The Hall–Kier alpha value is -1.63. The van der Waals surface area contributed by atoms with Crippen molar-refractivity contribution in [1.82, 2.24) is 0 Å². The molecule has 6 nitrogen and oxygen atoms in total. The fourth-order valence-electron chi connectivity index (χ4n) is 5.00. The molecule has 0 aromatic heterocycles. The van der Waals surface area contributed by atoms with Crippen LogP contribution in [0.25, 0.3) is 0 Å². The van der Waals surface area contributed by atoms with Crippen LogP contribution in [0.2, 0.25) is 0 Å². The summed E-state index contributed by atoms with van der Waals surface area (Å²) in [6.45, 7) is 2.74. The maximum absolute atomic E-state index is 12.1. The number of esters is 1. The van der Waals surface area contributed by atoms with Gasteiger partial charge in [-0.25, -0.2) is 4.79 Å². The van der Waals surface area contributed by atoms with Crippen LogP contribution in [-0.4, -0.2) is 49.9 Å². The maximum Gasteiger partial charge on any atom is 0.338 e. The van der Waals surface area contributed by atoms with E-state index in [1.165, 1.54) is 7.11 Å².